The molecular formula is C20H30O4. The highest BCUT2D eigenvalue weighted by Crippen LogP contribution is 2.35. The van der Waals surface area contributed by atoms with Crippen LogP contribution in [0.4, 0.5) is 0 Å². The van der Waals surface area contributed by atoms with Gasteiger partial charge in [0.25, 0.3) is 0 Å². The molecule has 0 bridgehead atoms. The molecule has 1 saturated heterocycles. The van der Waals surface area contributed by atoms with Crippen LogP contribution in [0.1, 0.15) is 59.3 Å². The third-order valence-corrected chi connectivity index (χ3v) is 5.32. The summed E-state index contributed by atoms with van der Waals surface area (Å²) in [7, 11) is 0. The maximum Gasteiger partial charge on any atom is 0.334 e. The Morgan fingerprint density at radius 2 is 1.96 bits per heavy atom. The Bertz CT molecular complexity index is 556. The monoisotopic (exact) mass is 334 g/mol. The van der Waals surface area contributed by atoms with Crippen molar-refractivity contribution in [1.82, 2.24) is 0 Å². The molecule has 1 aliphatic heterocycles. The van der Waals surface area contributed by atoms with Crippen molar-refractivity contribution >= 4 is 5.97 Å². The molecule has 0 aromatic carbocycles. The van der Waals surface area contributed by atoms with Crippen LogP contribution in [0.3, 0.4) is 0 Å². The zero-order valence-electron chi connectivity index (χ0n) is 15.0. The molecule has 2 N–H and O–H groups in total. The van der Waals surface area contributed by atoms with Crippen molar-refractivity contribution in [2.24, 2.45) is 5.92 Å². The van der Waals surface area contributed by atoms with Gasteiger partial charge in [-0.15, -0.1) is 0 Å². The highest BCUT2D eigenvalue weighted by atomic mass is 16.5. The van der Waals surface area contributed by atoms with E-state index in [1.807, 2.05) is 6.08 Å². The molecular weight excluding hydrogens is 304 g/mol. The normalized spacial score (nSPS) is 40.6. The molecule has 4 heteroatoms. The zero-order valence-corrected chi connectivity index (χ0v) is 15.0. The summed E-state index contributed by atoms with van der Waals surface area (Å²) in [6.45, 7) is 9.65. The lowest BCUT2D eigenvalue weighted by Gasteiger charge is -2.31. The number of hydrogen-bond donors (Lipinski definition) is 2. The number of hydrogen-bond acceptors (Lipinski definition) is 4. The van der Waals surface area contributed by atoms with Crippen LogP contribution < -0.4 is 0 Å². The van der Waals surface area contributed by atoms with Gasteiger partial charge in [-0.3, -0.25) is 0 Å². The molecule has 0 unspecified atom stereocenters. The molecule has 134 valence electrons. The smallest absolute Gasteiger partial charge is 0.334 e. The standard InChI is InChI=1S/C20H30O4/c1-13-6-5-7-14(2)12-17-16(15(3)19(22)24-17)10-11-20(4,23)18(21)9-8-13/h6,12,16-18,21,23H,3,5,7-11H2,1-2,4H3/b13-6+,14-12+/t16-,17-,18+,20-/m0/s1. The Morgan fingerprint density at radius 3 is 2.67 bits per heavy atom. The molecule has 1 fully saturated rings. The maximum absolute atomic E-state index is 11.9. The first kappa shape index (κ1) is 18.9. The number of aliphatic hydroxyl groups excluding tert-OH is 1. The van der Waals surface area contributed by atoms with E-state index in [1.54, 1.807) is 6.92 Å². The van der Waals surface area contributed by atoms with Gasteiger partial charge in [-0.1, -0.05) is 23.8 Å². The SMILES string of the molecule is C=C1C(=O)O[C@H]2/C=C(\C)CC/C=C(\C)CC[C@@H](O)[C@@](C)(O)CC[C@@H]12. The maximum atomic E-state index is 11.9. The summed E-state index contributed by atoms with van der Waals surface area (Å²) < 4.78 is 5.45. The minimum absolute atomic E-state index is 0.133. The molecule has 4 nitrogen and oxygen atoms in total. The van der Waals surface area contributed by atoms with E-state index in [-0.39, 0.29) is 18.0 Å². The van der Waals surface area contributed by atoms with E-state index in [4.69, 9.17) is 4.74 Å². The van der Waals surface area contributed by atoms with E-state index in [0.717, 1.165) is 19.3 Å². The third-order valence-electron chi connectivity index (χ3n) is 5.32. The van der Waals surface area contributed by atoms with Crippen molar-refractivity contribution < 1.29 is 19.7 Å². The second-order valence-corrected chi connectivity index (χ2v) is 7.55. The Balaban J connectivity index is 2.24. The van der Waals surface area contributed by atoms with Crippen LogP contribution >= 0.6 is 0 Å². The van der Waals surface area contributed by atoms with Crippen LogP contribution in [-0.4, -0.2) is 34.0 Å². The summed E-state index contributed by atoms with van der Waals surface area (Å²) in [4.78, 5) is 11.9. The van der Waals surface area contributed by atoms with Gasteiger partial charge in [0.1, 0.15) is 6.10 Å². The molecule has 0 spiro atoms. The molecule has 0 aromatic heterocycles. The van der Waals surface area contributed by atoms with Gasteiger partial charge >= 0.3 is 5.97 Å². The van der Waals surface area contributed by atoms with E-state index in [9.17, 15) is 15.0 Å². The lowest BCUT2D eigenvalue weighted by molar-refractivity contribution is -0.137. The van der Waals surface area contributed by atoms with Crippen LogP contribution in [0.2, 0.25) is 0 Å². The van der Waals surface area contributed by atoms with Crippen molar-refractivity contribution in [1.29, 1.82) is 0 Å². The number of rotatable bonds is 0. The zero-order chi connectivity index (χ0) is 17.9. The van der Waals surface area contributed by atoms with Crippen LogP contribution in [0.15, 0.2) is 35.5 Å². The average molecular weight is 334 g/mol. The van der Waals surface area contributed by atoms with E-state index < -0.39 is 11.7 Å². The summed E-state index contributed by atoms with van der Waals surface area (Å²) in [5.74, 6) is -0.486. The molecule has 1 aliphatic carbocycles. The third kappa shape index (κ3) is 4.58. The van der Waals surface area contributed by atoms with E-state index in [2.05, 4.69) is 26.5 Å². The van der Waals surface area contributed by atoms with Gasteiger partial charge in [-0.25, -0.2) is 4.79 Å². The Kier molecular flexibility index (Phi) is 6.05. The van der Waals surface area contributed by atoms with Gasteiger partial charge < -0.3 is 14.9 Å². The van der Waals surface area contributed by atoms with Gasteiger partial charge in [0, 0.05) is 11.5 Å². The highest BCUT2D eigenvalue weighted by Gasteiger charge is 2.39. The highest BCUT2D eigenvalue weighted by molar-refractivity contribution is 5.91. The van der Waals surface area contributed by atoms with Crippen LogP contribution in [-0.2, 0) is 9.53 Å². The Morgan fingerprint density at radius 1 is 1.25 bits per heavy atom. The Labute approximate surface area is 144 Å². The molecule has 1 heterocycles. The number of carbonyl (C=O) groups is 1. The minimum atomic E-state index is -1.18. The molecule has 0 radical (unpaired) electrons. The van der Waals surface area contributed by atoms with Crippen LogP contribution in [0.25, 0.3) is 0 Å². The summed E-state index contributed by atoms with van der Waals surface area (Å²) in [5.41, 5.74) is 1.71. The Hall–Kier alpha value is -1.39. The first-order valence-corrected chi connectivity index (χ1v) is 8.84. The van der Waals surface area contributed by atoms with Gasteiger partial charge in [0.15, 0.2) is 0 Å². The van der Waals surface area contributed by atoms with Gasteiger partial charge in [-0.05, 0) is 65.4 Å². The predicted octanol–water partition coefficient (Wildman–Crippen LogP) is 3.44. The van der Waals surface area contributed by atoms with Crippen LogP contribution in [0.5, 0.6) is 0 Å². The number of ether oxygens (including phenoxy) is 1. The first-order valence-electron chi connectivity index (χ1n) is 8.84. The number of allylic oxidation sites excluding steroid dienone is 3. The molecule has 2 aliphatic rings. The fourth-order valence-electron chi connectivity index (χ4n) is 3.42. The number of esters is 1. The second-order valence-electron chi connectivity index (χ2n) is 7.55. The van der Waals surface area contributed by atoms with Crippen molar-refractivity contribution in [3.8, 4) is 0 Å². The molecule has 0 saturated carbocycles. The van der Waals surface area contributed by atoms with E-state index in [0.29, 0.717) is 24.8 Å². The van der Waals surface area contributed by atoms with Crippen molar-refractivity contribution in [2.45, 2.75) is 77.1 Å². The van der Waals surface area contributed by atoms with Crippen LogP contribution in [0, 0.1) is 5.92 Å². The summed E-state index contributed by atoms with van der Waals surface area (Å²) in [6, 6.07) is 0. The lowest BCUT2D eigenvalue weighted by Crippen LogP contribution is -2.40. The summed E-state index contributed by atoms with van der Waals surface area (Å²) in [5, 5.41) is 21.0. The van der Waals surface area contributed by atoms with Crippen molar-refractivity contribution in [3.05, 3.63) is 35.5 Å². The minimum Gasteiger partial charge on any atom is -0.454 e. The summed E-state index contributed by atoms with van der Waals surface area (Å²) >= 11 is 0. The predicted molar refractivity (Wildman–Crippen MR) is 94.4 cm³/mol. The number of carbonyl (C=O) groups excluding carboxylic acids is 1. The quantitative estimate of drug-likeness (QED) is 0.404. The lowest BCUT2D eigenvalue weighted by atomic mass is 9.83. The number of fused-ring (bicyclic) bond motifs is 1. The fourth-order valence-corrected chi connectivity index (χ4v) is 3.42. The molecule has 4 atom stereocenters. The van der Waals surface area contributed by atoms with E-state index >= 15 is 0 Å². The van der Waals surface area contributed by atoms with Gasteiger partial charge in [0.2, 0.25) is 0 Å². The second kappa shape index (κ2) is 7.66. The number of aliphatic hydroxyl groups is 2. The molecule has 2 rings (SSSR count). The fraction of sp³-hybridized carbons (Fsp3) is 0.650. The summed E-state index contributed by atoms with van der Waals surface area (Å²) in [6.07, 6.45) is 7.23. The molecule has 0 aromatic rings. The average Bonchev–Trinajstić information content (AvgIpc) is 2.76. The molecule has 0 amide bonds. The van der Waals surface area contributed by atoms with E-state index in [1.165, 1.54) is 11.1 Å². The molecule has 24 heavy (non-hydrogen) atoms. The topological polar surface area (TPSA) is 66.8 Å². The van der Waals surface area contributed by atoms with Gasteiger partial charge in [-0.2, -0.15) is 0 Å². The first-order chi connectivity index (χ1) is 11.2. The van der Waals surface area contributed by atoms with Crippen molar-refractivity contribution in [2.75, 3.05) is 0 Å². The largest absolute Gasteiger partial charge is 0.454 e. The van der Waals surface area contributed by atoms with Crippen molar-refractivity contribution in [3.63, 3.8) is 0 Å². The van der Waals surface area contributed by atoms with Gasteiger partial charge in [0.05, 0.1) is 11.7 Å².